The molecule has 4 heterocycles. The number of anilines is 1. The van der Waals surface area contributed by atoms with Crippen LogP contribution in [0.5, 0.6) is 0 Å². The van der Waals surface area contributed by atoms with Gasteiger partial charge >= 0.3 is 0 Å². The molecule has 0 amide bonds. The molecule has 6 heteroatoms. The first-order valence-electron chi connectivity index (χ1n) is 18.8. The number of carbonyl (C=O) groups excluding carboxylic acids is 1. The maximum Gasteiger partial charge on any atom is 0.248 e. The lowest BCUT2D eigenvalue weighted by Gasteiger charge is -2.35. The van der Waals surface area contributed by atoms with E-state index in [0.717, 1.165) is 95.0 Å². The predicted octanol–water partition coefficient (Wildman–Crippen LogP) is 10.3. The monoisotopic (exact) mass is 719 g/mol. The summed E-state index contributed by atoms with van der Waals surface area (Å²) in [6.45, 7) is 4.01. The SMILES string of the molecule is O=C1C(=C2SC(=[N+]3CCCCC3)C(c3ccccc3)=C2c2ccccc2)C(O)C1c1sc(N2CCCCC2)c(-c2ccccc2)c1-c1ccccc1. The van der Waals surface area contributed by atoms with E-state index in [1.165, 1.54) is 34.0 Å². The van der Waals surface area contributed by atoms with Gasteiger partial charge in [0.1, 0.15) is 13.1 Å². The molecule has 0 bridgehead atoms. The number of hydrogen-bond donors (Lipinski definition) is 1. The third kappa shape index (κ3) is 5.91. The van der Waals surface area contributed by atoms with Crippen molar-refractivity contribution >= 4 is 50.1 Å². The van der Waals surface area contributed by atoms with Crippen molar-refractivity contribution in [1.82, 2.24) is 0 Å². The average Bonchev–Trinajstić information content (AvgIpc) is 3.80. The summed E-state index contributed by atoms with van der Waals surface area (Å²) in [5, 5.41) is 14.9. The summed E-state index contributed by atoms with van der Waals surface area (Å²) in [7, 11) is 0. The van der Waals surface area contributed by atoms with E-state index >= 15 is 0 Å². The maximum atomic E-state index is 15.0. The summed E-state index contributed by atoms with van der Waals surface area (Å²) in [5.41, 5.74) is 9.52. The Hall–Kier alpha value is -4.49. The lowest BCUT2D eigenvalue weighted by atomic mass is 9.71. The molecule has 1 aliphatic carbocycles. The second kappa shape index (κ2) is 14.5. The number of carbonyl (C=O) groups is 1. The molecular formula is C46H43N2O2S2+. The van der Waals surface area contributed by atoms with Crippen molar-refractivity contribution in [1.29, 1.82) is 0 Å². The maximum absolute atomic E-state index is 15.0. The number of aliphatic hydroxyl groups is 1. The summed E-state index contributed by atoms with van der Waals surface area (Å²) in [6, 6.07) is 42.3. The first kappa shape index (κ1) is 33.4. The number of ketones is 1. The number of benzene rings is 4. The number of aliphatic hydroxyl groups excluding tert-OH is 1. The van der Waals surface area contributed by atoms with Gasteiger partial charge in [-0.05, 0) is 59.7 Å². The number of allylic oxidation sites excluding steroid dienone is 1. The third-order valence-electron chi connectivity index (χ3n) is 11.0. The molecule has 1 aromatic heterocycles. The zero-order chi connectivity index (χ0) is 35.0. The van der Waals surface area contributed by atoms with E-state index in [-0.39, 0.29) is 5.78 Å². The van der Waals surface area contributed by atoms with Gasteiger partial charge in [0.15, 0.2) is 5.78 Å². The molecule has 4 aromatic carbocycles. The van der Waals surface area contributed by atoms with Gasteiger partial charge in [-0.1, -0.05) is 121 Å². The molecule has 260 valence electrons. The second-order valence-electron chi connectivity index (χ2n) is 14.3. The van der Waals surface area contributed by atoms with Crippen molar-refractivity contribution in [2.75, 3.05) is 31.1 Å². The first-order chi connectivity index (χ1) is 25.7. The largest absolute Gasteiger partial charge is 0.387 e. The fraction of sp³-hybridized carbons (Fsp3) is 0.261. The van der Waals surface area contributed by atoms with Crippen LogP contribution >= 0.6 is 23.1 Å². The van der Waals surface area contributed by atoms with Crippen molar-refractivity contribution in [3.8, 4) is 22.3 Å². The number of thiophene rings is 1. The zero-order valence-corrected chi connectivity index (χ0v) is 31.0. The Morgan fingerprint density at radius 2 is 1.10 bits per heavy atom. The molecule has 3 aliphatic heterocycles. The molecule has 52 heavy (non-hydrogen) atoms. The van der Waals surface area contributed by atoms with Gasteiger partial charge in [0, 0.05) is 58.0 Å². The van der Waals surface area contributed by atoms with Crippen LogP contribution in [0.3, 0.4) is 0 Å². The van der Waals surface area contributed by atoms with Gasteiger partial charge in [-0.3, -0.25) is 4.79 Å². The van der Waals surface area contributed by atoms with Gasteiger partial charge in [0.2, 0.25) is 5.04 Å². The van der Waals surface area contributed by atoms with Crippen LogP contribution in [0.25, 0.3) is 33.4 Å². The fourth-order valence-corrected chi connectivity index (χ4v) is 11.5. The van der Waals surface area contributed by atoms with E-state index in [2.05, 4.69) is 119 Å². The predicted molar refractivity (Wildman–Crippen MR) is 218 cm³/mol. The summed E-state index contributed by atoms with van der Waals surface area (Å²) in [4.78, 5) is 19.4. The van der Waals surface area contributed by atoms with Crippen LogP contribution in [-0.2, 0) is 4.79 Å². The molecule has 1 N–H and O–H groups in total. The Morgan fingerprint density at radius 1 is 0.596 bits per heavy atom. The van der Waals surface area contributed by atoms with Crippen LogP contribution in [-0.4, -0.2) is 52.8 Å². The minimum Gasteiger partial charge on any atom is -0.387 e. The van der Waals surface area contributed by atoms with Crippen LogP contribution in [0, 0.1) is 0 Å². The molecule has 9 rings (SSSR count). The molecule has 1 saturated carbocycles. The van der Waals surface area contributed by atoms with Crippen LogP contribution in [0.15, 0.2) is 132 Å². The number of Topliss-reactive ketones (excluding diaryl/α,β-unsaturated/α-hetero) is 1. The van der Waals surface area contributed by atoms with Crippen LogP contribution in [0.1, 0.15) is 60.4 Å². The lowest BCUT2D eigenvalue weighted by Crippen LogP contribution is -2.43. The van der Waals surface area contributed by atoms with Crippen LogP contribution in [0.4, 0.5) is 5.00 Å². The quantitative estimate of drug-likeness (QED) is 0.140. The molecule has 2 saturated heterocycles. The Bertz CT molecular complexity index is 2190. The molecular weight excluding hydrogens is 677 g/mol. The van der Waals surface area contributed by atoms with E-state index in [4.69, 9.17) is 0 Å². The van der Waals surface area contributed by atoms with Crippen molar-refractivity contribution in [2.45, 2.75) is 50.5 Å². The normalized spacial score (nSPS) is 22.2. The summed E-state index contributed by atoms with van der Waals surface area (Å²) in [5.74, 6) is -0.584. The summed E-state index contributed by atoms with van der Waals surface area (Å²) < 4.78 is 2.52. The standard InChI is InChI=1S/C46H43N2O2S2/c49-41-39(43-35(31-19-7-1-8-20-31)37(33-23-11-3-12-24-33)45(51-43)47-27-15-5-16-28-47)42(50)40(41)44-36(32-21-9-2-10-22-32)38(34-25-13-4-14-26-34)46(52-44)48-29-17-6-18-30-48/h1-4,7-14,19-26,39,41,49H,5-6,15-18,27-30H2/q+1. The van der Waals surface area contributed by atoms with Gasteiger partial charge in [-0.15, -0.1) is 11.3 Å². The highest BCUT2D eigenvalue weighted by Crippen LogP contribution is 2.58. The van der Waals surface area contributed by atoms with E-state index in [0.29, 0.717) is 5.57 Å². The first-order valence-corrected chi connectivity index (χ1v) is 20.5. The zero-order valence-electron chi connectivity index (χ0n) is 29.3. The average molecular weight is 720 g/mol. The van der Waals surface area contributed by atoms with E-state index < -0.39 is 12.0 Å². The smallest absolute Gasteiger partial charge is 0.248 e. The molecule has 5 aromatic rings. The van der Waals surface area contributed by atoms with Gasteiger partial charge in [0.05, 0.1) is 22.6 Å². The van der Waals surface area contributed by atoms with Gasteiger partial charge in [0.25, 0.3) is 0 Å². The lowest BCUT2D eigenvalue weighted by molar-refractivity contribution is -0.533. The van der Waals surface area contributed by atoms with E-state index in [9.17, 15) is 9.90 Å². The second-order valence-corrected chi connectivity index (χ2v) is 16.3. The Labute approximate surface area is 314 Å². The minimum absolute atomic E-state index is 0.0407. The van der Waals surface area contributed by atoms with Crippen molar-refractivity contribution in [3.63, 3.8) is 0 Å². The van der Waals surface area contributed by atoms with Crippen LogP contribution < -0.4 is 4.90 Å². The summed E-state index contributed by atoms with van der Waals surface area (Å²) in [6.07, 6.45) is 6.22. The highest BCUT2D eigenvalue weighted by atomic mass is 32.2. The molecule has 0 spiro atoms. The van der Waals surface area contributed by atoms with Crippen molar-refractivity contribution in [2.24, 2.45) is 0 Å². The highest BCUT2D eigenvalue weighted by Gasteiger charge is 2.52. The summed E-state index contributed by atoms with van der Waals surface area (Å²) >= 11 is 3.43. The number of rotatable bonds is 6. The molecule has 2 unspecified atom stereocenters. The number of nitrogens with zero attached hydrogens (tertiary/aromatic N) is 2. The van der Waals surface area contributed by atoms with Crippen molar-refractivity contribution in [3.05, 3.63) is 148 Å². The Morgan fingerprint density at radius 3 is 1.65 bits per heavy atom. The fourth-order valence-electron chi connectivity index (χ4n) is 8.46. The topological polar surface area (TPSA) is 43.6 Å². The Balaban J connectivity index is 1.24. The highest BCUT2D eigenvalue weighted by molar-refractivity contribution is 8.19. The molecule has 4 aliphatic rings. The van der Waals surface area contributed by atoms with Gasteiger partial charge in [-0.2, -0.15) is 0 Å². The minimum atomic E-state index is -0.912. The van der Waals surface area contributed by atoms with Crippen LogP contribution in [0.2, 0.25) is 0 Å². The van der Waals surface area contributed by atoms with E-state index in [1.54, 1.807) is 23.1 Å². The molecule has 3 fully saturated rings. The number of piperidine rings is 2. The Kier molecular flexibility index (Phi) is 9.30. The van der Waals surface area contributed by atoms with Crippen molar-refractivity contribution < 1.29 is 14.5 Å². The molecule has 4 nitrogen and oxygen atoms in total. The molecule has 2 atom stereocenters. The van der Waals surface area contributed by atoms with E-state index in [1.807, 2.05) is 12.1 Å². The number of hydrogen-bond acceptors (Lipinski definition) is 5. The van der Waals surface area contributed by atoms with Gasteiger partial charge < -0.3 is 10.0 Å². The molecule has 0 radical (unpaired) electrons. The number of thioether (sulfide) groups is 1. The van der Waals surface area contributed by atoms with Gasteiger partial charge in [-0.25, -0.2) is 4.58 Å². The third-order valence-corrected chi connectivity index (χ3v) is 13.6.